The summed E-state index contributed by atoms with van der Waals surface area (Å²) in [6, 6.07) is 4.23. The maximum absolute atomic E-state index is 11.5. The molecule has 0 fully saturated rings. The maximum Gasteiger partial charge on any atom is 0.334 e. The monoisotopic (exact) mass is 277 g/mol. The van der Waals surface area contributed by atoms with Crippen LogP contribution in [0, 0.1) is 0 Å². The summed E-state index contributed by atoms with van der Waals surface area (Å²) in [5.41, 5.74) is 0.195. The summed E-state index contributed by atoms with van der Waals surface area (Å²) in [4.78, 5) is 21.9. The van der Waals surface area contributed by atoms with E-state index in [-0.39, 0.29) is 5.56 Å². The minimum Gasteiger partial charge on any atom is -0.479 e. The Kier molecular flexibility index (Phi) is 4.74. The minimum absolute atomic E-state index is 0.195. The molecule has 0 aliphatic rings. The van der Waals surface area contributed by atoms with Crippen molar-refractivity contribution in [3.63, 3.8) is 0 Å². The average Bonchev–Trinajstić information content (AvgIpc) is 2.23. The van der Waals surface area contributed by atoms with Crippen LogP contribution in [0.4, 0.5) is 0 Å². The summed E-state index contributed by atoms with van der Waals surface area (Å²) >= 11 is 11.4. The van der Waals surface area contributed by atoms with Crippen molar-refractivity contribution in [3.8, 4) is 0 Å². The predicted octanol–water partition coefficient (Wildman–Crippen LogP) is 1.17. The highest BCUT2D eigenvalue weighted by atomic mass is 35.5. The van der Waals surface area contributed by atoms with E-state index in [1.54, 1.807) is 0 Å². The average molecular weight is 278 g/mol. The number of carbonyl (C=O) groups excluding carboxylic acids is 1. The van der Waals surface area contributed by atoms with E-state index in [2.05, 4.69) is 5.32 Å². The fourth-order valence-corrected chi connectivity index (χ4v) is 1.59. The summed E-state index contributed by atoms with van der Waals surface area (Å²) in [6.45, 7) is -0.391. The van der Waals surface area contributed by atoms with Gasteiger partial charge in [-0.25, -0.2) is 4.79 Å². The van der Waals surface area contributed by atoms with Crippen molar-refractivity contribution in [2.75, 3.05) is 6.54 Å². The van der Waals surface area contributed by atoms with Gasteiger partial charge in [0, 0.05) is 15.6 Å². The van der Waals surface area contributed by atoms with Gasteiger partial charge in [0.05, 0.1) is 6.54 Å². The van der Waals surface area contributed by atoms with Gasteiger partial charge >= 0.3 is 5.97 Å². The fraction of sp³-hybridized carbons (Fsp3) is 0.200. The number of amides is 1. The van der Waals surface area contributed by atoms with Crippen molar-refractivity contribution < 1.29 is 19.8 Å². The van der Waals surface area contributed by atoms with Crippen LogP contribution in [-0.2, 0) is 4.79 Å². The third kappa shape index (κ3) is 4.22. The molecule has 0 spiro atoms. The topological polar surface area (TPSA) is 86.6 Å². The molecule has 1 rings (SSSR count). The lowest BCUT2D eigenvalue weighted by Crippen LogP contribution is -2.36. The highest BCUT2D eigenvalue weighted by Gasteiger charge is 2.15. The molecular weight excluding hydrogens is 269 g/mol. The number of halogens is 2. The SMILES string of the molecule is O=C(NC[C@H](O)C(=O)O)c1cc(Cl)cc(Cl)c1. The number of carbonyl (C=O) groups is 2. The lowest BCUT2D eigenvalue weighted by molar-refractivity contribution is -0.146. The van der Waals surface area contributed by atoms with Crippen molar-refractivity contribution in [1.82, 2.24) is 5.32 Å². The number of hydrogen-bond acceptors (Lipinski definition) is 3. The Morgan fingerprint density at radius 2 is 1.76 bits per heavy atom. The van der Waals surface area contributed by atoms with Gasteiger partial charge in [0.1, 0.15) is 0 Å². The van der Waals surface area contributed by atoms with Crippen LogP contribution in [-0.4, -0.2) is 34.7 Å². The van der Waals surface area contributed by atoms with Crippen LogP contribution >= 0.6 is 23.2 Å². The molecule has 17 heavy (non-hydrogen) atoms. The first kappa shape index (κ1) is 13.8. The summed E-state index contributed by atoms with van der Waals surface area (Å²) < 4.78 is 0. The number of hydrogen-bond donors (Lipinski definition) is 3. The van der Waals surface area contributed by atoms with Gasteiger partial charge in [-0.3, -0.25) is 4.79 Å². The molecule has 92 valence electrons. The molecule has 0 radical (unpaired) electrons. The van der Waals surface area contributed by atoms with Crippen molar-refractivity contribution in [3.05, 3.63) is 33.8 Å². The number of rotatable bonds is 4. The molecule has 1 atom stereocenters. The van der Waals surface area contributed by atoms with Gasteiger partial charge in [-0.15, -0.1) is 0 Å². The first-order valence-electron chi connectivity index (χ1n) is 4.55. The second-order valence-corrected chi connectivity index (χ2v) is 4.10. The third-order valence-corrected chi connectivity index (χ3v) is 2.30. The van der Waals surface area contributed by atoms with Gasteiger partial charge < -0.3 is 15.5 Å². The smallest absolute Gasteiger partial charge is 0.334 e. The summed E-state index contributed by atoms with van der Waals surface area (Å²) in [5, 5.41) is 20.2. The summed E-state index contributed by atoms with van der Waals surface area (Å²) in [6.07, 6.45) is -1.64. The van der Waals surface area contributed by atoms with Crippen molar-refractivity contribution in [1.29, 1.82) is 0 Å². The van der Waals surface area contributed by atoms with Crippen LogP contribution in [0.2, 0.25) is 10.0 Å². The second kappa shape index (κ2) is 5.86. The molecule has 0 bridgehead atoms. The van der Waals surface area contributed by atoms with Gasteiger partial charge in [0.15, 0.2) is 6.10 Å². The molecule has 1 aromatic carbocycles. The van der Waals surface area contributed by atoms with E-state index in [1.165, 1.54) is 18.2 Å². The van der Waals surface area contributed by atoms with E-state index in [0.717, 1.165) is 0 Å². The normalized spacial score (nSPS) is 11.9. The van der Waals surface area contributed by atoms with E-state index in [9.17, 15) is 9.59 Å². The van der Waals surface area contributed by atoms with Crippen LogP contribution in [0.15, 0.2) is 18.2 Å². The number of benzene rings is 1. The standard InChI is InChI=1S/C10H9Cl2NO4/c11-6-1-5(2-7(12)3-6)9(15)13-4-8(14)10(16)17/h1-3,8,14H,4H2,(H,13,15)(H,16,17)/t8-/m0/s1. The highest BCUT2D eigenvalue weighted by molar-refractivity contribution is 6.35. The summed E-state index contributed by atoms with van der Waals surface area (Å²) in [7, 11) is 0. The van der Waals surface area contributed by atoms with Crippen LogP contribution in [0.1, 0.15) is 10.4 Å². The van der Waals surface area contributed by atoms with Crippen LogP contribution in [0.25, 0.3) is 0 Å². The largest absolute Gasteiger partial charge is 0.479 e. The summed E-state index contributed by atoms with van der Waals surface area (Å²) in [5.74, 6) is -1.97. The lowest BCUT2D eigenvalue weighted by Gasteiger charge is -2.08. The fourth-order valence-electron chi connectivity index (χ4n) is 1.06. The van der Waals surface area contributed by atoms with Gasteiger partial charge in [-0.05, 0) is 18.2 Å². The van der Waals surface area contributed by atoms with Gasteiger partial charge in [0.25, 0.3) is 5.91 Å². The zero-order valence-electron chi connectivity index (χ0n) is 8.48. The van der Waals surface area contributed by atoms with Crippen molar-refractivity contribution >= 4 is 35.1 Å². The number of aliphatic carboxylic acids is 1. The maximum atomic E-state index is 11.5. The molecule has 0 saturated carbocycles. The minimum atomic E-state index is -1.64. The van der Waals surface area contributed by atoms with E-state index in [0.29, 0.717) is 10.0 Å². The molecule has 5 nitrogen and oxygen atoms in total. The Morgan fingerprint density at radius 3 is 2.24 bits per heavy atom. The van der Waals surface area contributed by atoms with Crippen molar-refractivity contribution in [2.45, 2.75) is 6.10 Å². The number of nitrogens with one attached hydrogen (secondary N) is 1. The lowest BCUT2D eigenvalue weighted by atomic mass is 10.2. The molecule has 0 aliphatic carbocycles. The Bertz CT molecular complexity index is 430. The quantitative estimate of drug-likeness (QED) is 0.771. The first-order chi connectivity index (χ1) is 7.90. The molecule has 7 heteroatoms. The van der Waals surface area contributed by atoms with E-state index >= 15 is 0 Å². The van der Waals surface area contributed by atoms with E-state index < -0.39 is 24.5 Å². The van der Waals surface area contributed by atoms with Gasteiger partial charge in [0.2, 0.25) is 0 Å². The molecule has 1 amide bonds. The van der Waals surface area contributed by atoms with Crippen molar-refractivity contribution in [2.24, 2.45) is 0 Å². The van der Waals surface area contributed by atoms with E-state index in [1.807, 2.05) is 0 Å². The molecule has 0 aromatic heterocycles. The first-order valence-corrected chi connectivity index (χ1v) is 5.31. The Hall–Kier alpha value is -1.30. The van der Waals surface area contributed by atoms with E-state index in [4.69, 9.17) is 33.4 Å². The zero-order valence-corrected chi connectivity index (χ0v) is 10.00. The number of aliphatic hydroxyl groups excluding tert-OH is 1. The molecule has 0 heterocycles. The third-order valence-electron chi connectivity index (χ3n) is 1.87. The van der Waals surface area contributed by atoms with Gasteiger partial charge in [-0.1, -0.05) is 23.2 Å². The number of carboxylic acid groups (broad SMARTS) is 1. The Balaban J connectivity index is 2.67. The number of aliphatic hydroxyl groups is 1. The Labute approximate surface area is 107 Å². The predicted molar refractivity (Wildman–Crippen MR) is 62.4 cm³/mol. The molecule has 3 N–H and O–H groups in total. The highest BCUT2D eigenvalue weighted by Crippen LogP contribution is 2.18. The molecular formula is C10H9Cl2NO4. The van der Waals surface area contributed by atoms with Crippen LogP contribution in [0.5, 0.6) is 0 Å². The second-order valence-electron chi connectivity index (χ2n) is 3.22. The number of carboxylic acids is 1. The van der Waals surface area contributed by atoms with Crippen LogP contribution in [0.3, 0.4) is 0 Å². The molecule has 1 aromatic rings. The van der Waals surface area contributed by atoms with Crippen LogP contribution < -0.4 is 5.32 Å². The Morgan fingerprint density at radius 1 is 1.24 bits per heavy atom. The zero-order chi connectivity index (χ0) is 13.0. The van der Waals surface area contributed by atoms with Gasteiger partial charge in [-0.2, -0.15) is 0 Å². The molecule has 0 aliphatic heterocycles. The molecule has 0 saturated heterocycles. The molecule has 0 unspecified atom stereocenters.